The minimum absolute atomic E-state index is 0.00387. The average molecular weight is 395 g/mol. The van der Waals surface area contributed by atoms with Crippen LogP contribution in [0.2, 0.25) is 0 Å². The van der Waals surface area contributed by atoms with Crippen LogP contribution >= 0.6 is 0 Å². The van der Waals surface area contributed by atoms with Crippen LogP contribution < -0.4 is 10.1 Å². The van der Waals surface area contributed by atoms with Crippen LogP contribution in [0, 0.1) is 11.8 Å². The summed E-state index contributed by atoms with van der Waals surface area (Å²) < 4.78 is 32.4. The number of piperidine rings is 1. The van der Waals surface area contributed by atoms with Gasteiger partial charge in [-0.25, -0.2) is 8.42 Å². The van der Waals surface area contributed by atoms with Gasteiger partial charge in [-0.05, 0) is 68.7 Å². The third kappa shape index (κ3) is 4.82. The quantitative estimate of drug-likeness (QED) is 0.833. The van der Waals surface area contributed by atoms with Gasteiger partial charge in [0.1, 0.15) is 5.75 Å². The van der Waals surface area contributed by atoms with E-state index < -0.39 is 10.0 Å². The molecule has 1 saturated carbocycles. The van der Waals surface area contributed by atoms with E-state index in [0.29, 0.717) is 18.7 Å². The van der Waals surface area contributed by atoms with E-state index in [1.807, 2.05) is 0 Å². The largest absolute Gasteiger partial charge is 0.497 e. The standard InChI is InChI=1S/C20H30N2O4S/c1-15-5-7-17(8-6-15)21-20(23)16-4-3-13-22(14-16)27(24,25)19-11-9-18(26-2)10-12-19/h9-12,15-17H,3-8,13-14H2,1-2H3,(H,21,23). The molecular formula is C20H30N2O4S. The lowest BCUT2D eigenvalue weighted by Crippen LogP contribution is -2.48. The summed E-state index contributed by atoms with van der Waals surface area (Å²) in [4.78, 5) is 12.9. The summed E-state index contributed by atoms with van der Waals surface area (Å²) in [7, 11) is -2.05. The Labute approximate surface area is 162 Å². The SMILES string of the molecule is COc1ccc(S(=O)(=O)N2CCCC(C(=O)NC3CCC(C)CC3)C2)cc1. The zero-order chi connectivity index (χ0) is 19.4. The van der Waals surface area contributed by atoms with Crippen molar-refractivity contribution < 1.29 is 17.9 Å². The first-order valence-corrected chi connectivity index (χ1v) is 11.3. The number of nitrogens with zero attached hydrogens (tertiary/aromatic N) is 1. The monoisotopic (exact) mass is 394 g/mol. The van der Waals surface area contributed by atoms with Crippen LogP contribution in [0.3, 0.4) is 0 Å². The van der Waals surface area contributed by atoms with Crippen LogP contribution in [-0.4, -0.2) is 44.9 Å². The molecule has 0 spiro atoms. The molecule has 1 aromatic carbocycles. The van der Waals surface area contributed by atoms with Crippen molar-refractivity contribution in [3.63, 3.8) is 0 Å². The molecule has 2 fully saturated rings. The first-order valence-electron chi connectivity index (χ1n) is 9.84. The number of sulfonamides is 1. The summed E-state index contributed by atoms with van der Waals surface area (Å²) in [6.07, 6.45) is 5.78. The van der Waals surface area contributed by atoms with Crippen molar-refractivity contribution in [1.82, 2.24) is 9.62 Å². The molecule has 1 aliphatic carbocycles. The molecule has 0 bridgehead atoms. The van der Waals surface area contributed by atoms with Crippen molar-refractivity contribution in [2.75, 3.05) is 20.2 Å². The first-order chi connectivity index (χ1) is 12.9. The number of hydrogen-bond acceptors (Lipinski definition) is 4. The summed E-state index contributed by atoms with van der Waals surface area (Å²) in [5.74, 6) is 1.08. The molecule has 7 heteroatoms. The maximum absolute atomic E-state index is 12.9. The Morgan fingerprint density at radius 2 is 1.78 bits per heavy atom. The van der Waals surface area contributed by atoms with Gasteiger partial charge in [0.2, 0.25) is 15.9 Å². The summed E-state index contributed by atoms with van der Waals surface area (Å²) in [5.41, 5.74) is 0. The third-order valence-electron chi connectivity index (χ3n) is 5.81. The highest BCUT2D eigenvalue weighted by atomic mass is 32.2. The average Bonchev–Trinajstić information content (AvgIpc) is 2.70. The summed E-state index contributed by atoms with van der Waals surface area (Å²) >= 11 is 0. The summed E-state index contributed by atoms with van der Waals surface area (Å²) in [5, 5.41) is 3.16. The Balaban J connectivity index is 1.63. The minimum Gasteiger partial charge on any atom is -0.497 e. The van der Waals surface area contributed by atoms with Gasteiger partial charge in [-0.15, -0.1) is 0 Å². The van der Waals surface area contributed by atoms with Gasteiger partial charge >= 0.3 is 0 Å². The first kappa shape index (κ1) is 20.1. The predicted molar refractivity (Wildman–Crippen MR) is 104 cm³/mol. The lowest BCUT2D eigenvalue weighted by molar-refractivity contribution is -0.127. The maximum Gasteiger partial charge on any atom is 0.243 e. The van der Waals surface area contributed by atoms with Crippen molar-refractivity contribution in [3.8, 4) is 5.75 Å². The van der Waals surface area contributed by atoms with E-state index in [4.69, 9.17) is 4.74 Å². The number of ether oxygens (including phenoxy) is 1. The molecule has 0 radical (unpaired) electrons. The molecule has 3 rings (SSSR count). The topological polar surface area (TPSA) is 75.7 Å². The molecule has 1 atom stereocenters. The zero-order valence-corrected chi connectivity index (χ0v) is 17.0. The molecule has 1 aromatic rings. The molecule has 0 aromatic heterocycles. The third-order valence-corrected chi connectivity index (χ3v) is 7.69. The van der Waals surface area contributed by atoms with Crippen molar-refractivity contribution in [2.45, 2.75) is 56.4 Å². The summed E-state index contributed by atoms with van der Waals surface area (Å²) in [6, 6.07) is 6.64. The number of nitrogens with one attached hydrogen (secondary N) is 1. The Morgan fingerprint density at radius 3 is 2.41 bits per heavy atom. The van der Waals surface area contributed by atoms with Gasteiger partial charge in [0, 0.05) is 19.1 Å². The van der Waals surface area contributed by atoms with E-state index in [2.05, 4.69) is 12.2 Å². The molecule has 1 N–H and O–H groups in total. The highest BCUT2D eigenvalue weighted by Crippen LogP contribution is 2.27. The second kappa shape index (κ2) is 8.61. The molecule has 1 unspecified atom stereocenters. The van der Waals surface area contributed by atoms with Crippen molar-refractivity contribution in [1.29, 1.82) is 0 Å². The second-order valence-electron chi connectivity index (χ2n) is 7.84. The molecule has 1 aliphatic heterocycles. The molecule has 150 valence electrons. The van der Waals surface area contributed by atoms with Gasteiger partial charge in [0.15, 0.2) is 0 Å². The van der Waals surface area contributed by atoms with Crippen molar-refractivity contribution in [2.24, 2.45) is 11.8 Å². The number of amides is 1. The maximum atomic E-state index is 12.9. The molecule has 1 amide bonds. The number of benzene rings is 1. The zero-order valence-electron chi connectivity index (χ0n) is 16.2. The fourth-order valence-electron chi connectivity index (χ4n) is 3.99. The fraction of sp³-hybridized carbons (Fsp3) is 0.650. The lowest BCUT2D eigenvalue weighted by atomic mass is 9.87. The van der Waals surface area contributed by atoms with Crippen LogP contribution in [0.1, 0.15) is 45.4 Å². The lowest BCUT2D eigenvalue weighted by Gasteiger charge is -2.33. The fourth-order valence-corrected chi connectivity index (χ4v) is 5.52. The number of carbonyl (C=O) groups is 1. The van der Waals surface area contributed by atoms with E-state index in [0.717, 1.165) is 38.0 Å². The number of methoxy groups -OCH3 is 1. The predicted octanol–water partition coefficient (Wildman–Crippen LogP) is 2.79. The van der Waals surface area contributed by atoms with Gasteiger partial charge in [-0.3, -0.25) is 4.79 Å². The van der Waals surface area contributed by atoms with Crippen LogP contribution in [0.25, 0.3) is 0 Å². The van der Waals surface area contributed by atoms with Crippen LogP contribution in [0.5, 0.6) is 5.75 Å². The Kier molecular flexibility index (Phi) is 6.42. The Bertz CT molecular complexity index is 740. The van der Waals surface area contributed by atoms with E-state index in [1.165, 1.54) is 4.31 Å². The van der Waals surface area contributed by atoms with Crippen LogP contribution in [0.4, 0.5) is 0 Å². The molecule has 1 saturated heterocycles. The minimum atomic E-state index is -3.60. The molecule has 1 heterocycles. The number of carbonyl (C=O) groups excluding carboxylic acids is 1. The van der Waals surface area contributed by atoms with Gasteiger partial charge in [-0.2, -0.15) is 4.31 Å². The Hall–Kier alpha value is -1.60. The molecule has 27 heavy (non-hydrogen) atoms. The summed E-state index contributed by atoms with van der Waals surface area (Å²) in [6.45, 7) is 2.96. The molecule has 2 aliphatic rings. The number of hydrogen-bond donors (Lipinski definition) is 1. The van der Waals surface area contributed by atoms with E-state index >= 15 is 0 Å². The van der Waals surface area contributed by atoms with E-state index in [9.17, 15) is 13.2 Å². The van der Waals surface area contributed by atoms with Crippen LogP contribution in [0.15, 0.2) is 29.2 Å². The van der Waals surface area contributed by atoms with Crippen LogP contribution in [-0.2, 0) is 14.8 Å². The van der Waals surface area contributed by atoms with E-state index in [1.54, 1.807) is 31.4 Å². The van der Waals surface area contributed by atoms with Gasteiger partial charge in [0.25, 0.3) is 0 Å². The number of rotatable bonds is 5. The van der Waals surface area contributed by atoms with Crippen molar-refractivity contribution in [3.05, 3.63) is 24.3 Å². The molecule has 6 nitrogen and oxygen atoms in total. The van der Waals surface area contributed by atoms with Gasteiger partial charge in [0.05, 0.1) is 17.9 Å². The Morgan fingerprint density at radius 1 is 1.11 bits per heavy atom. The van der Waals surface area contributed by atoms with Crippen molar-refractivity contribution >= 4 is 15.9 Å². The normalized spacial score (nSPS) is 27.1. The van der Waals surface area contributed by atoms with Gasteiger partial charge < -0.3 is 10.1 Å². The second-order valence-corrected chi connectivity index (χ2v) is 9.78. The highest BCUT2D eigenvalue weighted by Gasteiger charge is 2.34. The smallest absolute Gasteiger partial charge is 0.243 e. The highest BCUT2D eigenvalue weighted by molar-refractivity contribution is 7.89. The molecular weight excluding hydrogens is 364 g/mol. The van der Waals surface area contributed by atoms with E-state index in [-0.39, 0.29) is 29.3 Å². The van der Waals surface area contributed by atoms with Gasteiger partial charge in [-0.1, -0.05) is 6.92 Å².